The molecule has 0 saturated heterocycles. The summed E-state index contributed by atoms with van der Waals surface area (Å²) in [5.41, 5.74) is 1.21. The van der Waals surface area contributed by atoms with Crippen molar-refractivity contribution in [3.63, 3.8) is 0 Å². The number of non-ortho nitro benzene ring substituents is 1. The first-order valence-electron chi connectivity index (χ1n) is 9.63. The van der Waals surface area contributed by atoms with E-state index >= 15 is 0 Å². The third kappa shape index (κ3) is 5.96. The summed E-state index contributed by atoms with van der Waals surface area (Å²) in [6.45, 7) is 3.73. The van der Waals surface area contributed by atoms with Crippen molar-refractivity contribution in [3.05, 3.63) is 51.2 Å². The lowest BCUT2D eigenvalue weighted by Crippen LogP contribution is -2.37. The quantitative estimate of drug-likeness (QED) is 0.238. The number of allylic oxidation sites excluding steroid dienone is 1. The Morgan fingerprint density at radius 2 is 1.71 bits per heavy atom. The third-order valence-corrected chi connectivity index (χ3v) is 4.79. The lowest BCUT2D eigenvalue weighted by atomic mass is 9.75. The second-order valence-electron chi connectivity index (χ2n) is 6.85. The van der Waals surface area contributed by atoms with Crippen LogP contribution in [0, 0.1) is 16.0 Å². The minimum Gasteiger partial charge on any atom is -0.463 e. The van der Waals surface area contributed by atoms with Gasteiger partial charge in [0.25, 0.3) is 5.69 Å². The number of nitro groups is 1. The van der Waals surface area contributed by atoms with E-state index in [-0.39, 0.29) is 37.7 Å². The van der Waals surface area contributed by atoms with Crippen LogP contribution in [0.4, 0.5) is 5.69 Å². The zero-order chi connectivity index (χ0) is 23.0. The summed E-state index contributed by atoms with van der Waals surface area (Å²) < 4.78 is 20.4. The second kappa shape index (κ2) is 11.3. The molecule has 1 aliphatic heterocycles. The first kappa shape index (κ1) is 24.2. The van der Waals surface area contributed by atoms with Gasteiger partial charge in [-0.2, -0.15) is 0 Å². The Morgan fingerprint density at radius 3 is 2.32 bits per heavy atom. The van der Waals surface area contributed by atoms with Crippen LogP contribution < -0.4 is 0 Å². The minimum atomic E-state index is -0.951. The monoisotopic (exact) mass is 434 g/mol. The smallest absolute Gasteiger partial charge is 0.336 e. The van der Waals surface area contributed by atoms with E-state index in [4.69, 9.17) is 18.9 Å². The Balaban J connectivity index is 2.53. The molecule has 0 N–H and O–H groups in total. The Hall–Kier alpha value is -3.11. The van der Waals surface area contributed by atoms with Crippen LogP contribution in [0.25, 0.3) is 0 Å². The summed E-state index contributed by atoms with van der Waals surface area (Å²) in [4.78, 5) is 41.0. The second-order valence-corrected chi connectivity index (χ2v) is 6.85. The van der Waals surface area contributed by atoms with Crippen LogP contribution >= 0.6 is 0 Å². The van der Waals surface area contributed by atoms with E-state index in [1.165, 1.54) is 32.4 Å². The molecule has 2 rings (SSSR count). The number of methoxy groups -OCH3 is 2. The minimum absolute atomic E-state index is 0.0133. The van der Waals surface area contributed by atoms with Gasteiger partial charge in [0, 0.05) is 43.7 Å². The van der Waals surface area contributed by atoms with Crippen molar-refractivity contribution in [1.82, 2.24) is 0 Å². The highest BCUT2D eigenvalue weighted by molar-refractivity contribution is 6.07. The molecule has 1 aliphatic rings. The van der Waals surface area contributed by atoms with Crippen LogP contribution in [0.1, 0.15) is 25.3 Å². The molecule has 0 amide bonds. The van der Waals surface area contributed by atoms with Gasteiger partial charge in [-0.05, 0) is 19.4 Å². The molecule has 1 aromatic rings. The molecule has 0 spiro atoms. The highest BCUT2D eigenvalue weighted by atomic mass is 16.6. The van der Waals surface area contributed by atoms with Crippen LogP contribution in [-0.4, -0.2) is 63.2 Å². The molecule has 1 heterocycles. The molecular weight excluding hydrogens is 408 g/mol. The summed E-state index contributed by atoms with van der Waals surface area (Å²) in [6.07, 6.45) is 0. The van der Waals surface area contributed by atoms with Gasteiger partial charge in [-0.3, -0.25) is 19.9 Å². The standard InChI is InChI=1S/C21H26N2O8/c1-13-17(20(24)30-10-8-28-3)19(15-6-5-7-16(12-15)23(26)27)18(14(2)22-13)21(25)31-11-9-29-4/h5-7,12,17,19H,8-11H2,1-4H3. The zero-order valence-corrected chi connectivity index (χ0v) is 18.0. The molecule has 2 unspecified atom stereocenters. The molecule has 10 heteroatoms. The molecule has 0 aromatic heterocycles. The van der Waals surface area contributed by atoms with Gasteiger partial charge in [-0.15, -0.1) is 0 Å². The van der Waals surface area contributed by atoms with E-state index in [1.807, 2.05) is 0 Å². The van der Waals surface area contributed by atoms with Gasteiger partial charge in [0.2, 0.25) is 0 Å². The topological polar surface area (TPSA) is 127 Å². The van der Waals surface area contributed by atoms with Crippen LogP contribution in [0.15, 0.2) is 40.5 Å². The van der Waals surface area contributed by atoms with Gasteiger partial charge in [0.1, 0.15) is 19.1 Å². The molecule has 1 aromatic carbocycles. The largest absolute Gasteiger partial charge is 0.463 e. The third-order valence-electron chi connectivity index (χ3n) is 4.79. The number of benzene rings is 1. The SMILES string of the molecule is COCCOC(=O)C1=C(C)N=C(C)C(C(=O)OCCOC)C1c1cccc([N+](=O)[O-])c1. The maximum atomic E-state index is 12.9. The van der Waals surface area contributed by atoms with Crippen LogP contribution in [0.5, 0.6) is 0 Å². The predicted octanol–water partition coefficient (Wildman–Crippen LogP) is 2.42. The van der Waals surface area contributed by atoms with Crippen molar-refractivity contribution in [2.24, 2.45) is 10.9 Å². The highest BCUT2D eigenvalue weighted by Crippen LogP contribution is 2.40. The number of rotatable bonds is 10. The molecule has 10 nitrogen and oxygen atoms in total. The Bertz CT molecular complexity index is 893. The first-order valence-corrected chi connectivity index (χ1v) is 9.63. The summed E-state index contributed by atoms with van der Waals surface area (Å²) in [6, 6.07) is 5.81. The zero-order valence-electron chi connectivity index (χ0n) is 18.0. The number of hydrogen-bond donors (Lipinski definition) is 0. The van der Waals surface area contributed by atoms with Crippen LogP contribution in [0.3, 0.4) is 0 Å². The number of carbonyl (C=O) groups excluding carboxylic acids is 2. The summed E-state index contributed by atoms with van der Waals surface area (Å²) in [7, 11) is 2.96. The first-order chi connectivity index (χ1) is 14.8. The Kier molecular flexibility index (Phi) is 8.83. The normalized spacial score (nSPS) is 18.4. The van der Waals surface area contributed by atoms with E-state index in [9.17, 15) is 19.7 Å². The lowest BCUT2D eigenvalue weighted by Gasteiger charge is -2.31. The molecular formula is C21H26N2O8. The van der Waals surface area contributed by atoms with E-state index in [2.05, 4.69) is 4.99 Å². The van der Waals surface area contributed by atoms with E-state index in [0.29, 0.717) is 17.0 Å². The van der Waals surface area contributed by atoms with Crippen molar-refractivity contribution in [3.8, 4) is 0 Å². The number of aliphatic imine (C=N–C) groups is 1. The van der Waals surface area contributed by atoms with E-state index in [0.717, 1.165) is 0 Å². The van der Waals surface area contributed by atoms with Gasteiger partial charge >= 0.3 is 11.9 Å². The molecule has 31 heavy (non-hydrogen) atoms. The maximum absolute atomic E-state index is 12.9. The highest BCUT2D eigenvalue weighted by Gasteiger charge is 2.42. The molecule has 0 bridgehead atoms. The number of nitro benzene ring substituents is 1. The van der Waals surface area contributed by atoms with Gasteiger partial charge < -0.3 is 18.9 Å². The number of esters is 2. The van der Waals surface area contributed by atoms with Crippen molar-refractivity contribution in [1.29, 1.82) is 0 Å². The average molecular weight is 434 g/mol. The molecule has 0 aliphatic carbocycles. The van der Waals surface area contributed by atoms with Gasteiger partial charge in [-0.25, -0.2) is 4.79 Å². The fourth-order valence-electron chi connectivity index (χ4n) is 3.41. The number of hydrogen-bond acceptors (Lipinski definition) is 9. The molecule has 0 radical (unpaired) electrons. The van der Waals surface area contributed by atoms with Crippen LogP contribution in [0.2, 0.25) is 0 Å². The van der Waals surface area contributed by atoms with Gasteiger partial charge in [-0.1, -0.05) is 12.1 Å². The number of nitrogens with zero attached hydrogens (tertiary/aromatic N) is 2. The van der Waals surface area contributed by atoms with Gasteiger partial charge in [0.05, 0.1) is 23.7 Å². The van der Waals surface area contributed by atoms with E-state index in [1.54, 1.807) is 19.9 Å². The van der Waals surface area contributed by atoms with Crippen molar-refractivity contribution in [2.75, 3.05) is 40.6 Å². The summed E-state index contributed by atoms with van der Waals surface area (Å²) in [5.74, 6) is -3.09. The fraction of sp³-hybridized carbons (Fsp3) is 0.476. The summed E-state index contributed by atoms with van der Waals surface area (Å²) >= 11 is 0. The fourth-order valence-corrected chi connectivity index (χ4v) is 3.41. The maximum Gasteiger partial charge on any atom is 0.336 e. The molecule has 168 valence electrons. The summed E-state index contributed by atoms with van der Waals surface area (Å²) in [5, 5.41) is 11.3. The Labute approximate surface area is 180 Å². The van der Waals surface area contributed by atoms with Crippen molar-refractivity contribution in [2.45, 2.75) is 19.8 Å². The molecule has 0 fully saturated rings. The van der Waals surface area contributed by atoms with Crippen LogP contribution in [-0.2, 0) is 28.5 Å². The number of carbonyl (C=O) groups is 2. The number of ether oxygens (including phenoxy) is 4. The lowest BCUT2D eigenvalue weighted by molar-refractivity contribution is -0.384. The predicted molar refractivity (Wildman–Crippen MR) is 111 cm³/mol. The van der Waals surface area contributed by atoms with Crippen molar-refractivity contribution >= 4 is 23.3 Å². The average Bonchev–Trinajstić information content (AvgIpc) is 2.73. The molecule has 0 saturated carbocycles. The Morgan fingerprint density at radius 1 is 1.06 bits per heavy atom. The van der Waals surface area contributed by atoms with Gasteiger partial charge in [0.15, 0.2) is 0 Å². The van der Waals surface area contributed by atoms with E-state index < -0.39 is 28.7 Å². The molecule has 2 atom stereocenters. The van der Waals surface area contributed by atoms with Crippen molar-refractivity contribution < 1.29 is 33.5 Å².